The Bertz CT molecular complexity index is 1080. The maximum absolute atomic E-state index is 12.7. The first-order valence-electron chi connectivity index (χ1n) is 9.80. The van der Waals surface area contributed by atoms with Crippen LogP contribution in [0, 0.1) is 5.92 Å². The molecule has 0 amide bonds. The van der Waals surface area contributed by atoms with Crippen molar-refractivity contribution in [3.05, 3.63) is 83.9 Å². The third-order valence-electron chi connectivity index (χ3n) is 5.13. The summed E-state index contributed by atoms with van der Waals surface area (Å²) >= 11 is 0. The standard InChI is InChI=1S/C25H22O4/c1-17-8-5-13-20(16-17)25(27)29-22-15-7-12-18-11-6-14-21(23(18)22)28-24(26)19-9-3-2-4-10-19/h2-4,6-7,9-12,14-16,20H,5,8,13H2,1H3. The number of rotatable bonds is 4. The van der Waals surface area contributed by atoms with Gasteiger partial charge in [0.15, 0.2) is 0 Å². The maximum atomic E-state index is 12.7. The highest BCUT2D eigenvalue weighted by Gasteiger charge is 2.23. The van der Waals surface area contributed by atoms with Gasteiger partial charge in [0.25, 0.3) is 0 Å². The molecule has 4 rings (SSSR count). The Labute approximate surface area is 169 Å². The van der Waals surface area contributed by atoms with Crippen LogP contribution in [-0.2, 0) is 4.79 Å². The van der Waals surface area contributed by atoms with E-state index in [9.17, 15) is 9.59 Å². The molecule has 0 N–H and O–H groups in total. The third-order valence-corrected chi connectivity index (χ3v) is 5.13. The Hall–Kier alpha value is -3.40. The van der Waals surface area contributed by atoms with Crippen LogP contribution in [0.5, 0.6) is 11.5 Å². The number of hydrogen-bond acceptors (Lipinski definition) is 4. The molecule has 29 heavy (non-hydrogen) atoms. The molecule has 0 bridgehead atoms. The second-order valence-corrected chi connectivity index (χ2v) is 7.30. The SMILES string of the molecule is CC1=CC(C(=O)Oc2cccc3cccc(OC(=O)c4ccccc4)c23)CCC1. The molecule has 0 fully saturated rings. The number of fused-ring (bicyclic) bond motifs is 1. The van der Waals surface area contributed by atoms with Crippen LogP contribution in [0.15, 0.2) is 78.4 Å². The maximum Gasteiger partial charge on any atom is 0.343 e. The second kappa shape index (κ2) is 8.31. The van der Waals surface area contributed by atoms with Gasteiger partial charge in [-0.3, -0.25) is 4.79 Å². The van der Waals surface area contributed by atoms with Gasteiger partial charge in [0, 0.05) is 0 Å². The Kier molecular flexibility index (Phi) is 5.43. The Morgan fingerprint density at radius 2 is 1.55 bits per heavy atom. The summed E-state index contributed by atoms with van der Waals surface area (Å²) in [5.41, 5.74) is 1.68. The average Bonchev–Trinajstić information content (AvgIpc) is 2.74. The second-order valence-electron chi connectivity index (χ2n) is 7.30. The van der Waals surface area contributed by atoms with Gasteiger partial charge in [-0.1, -0.05) is 54.1 Å². The van der Waals surface area contributed by atoms with Gasteiger partial charge in [-0.2, -0.15) is 0 Å². The first-order chi connectivity index (χ1) is 14.1. The van der Waals surface area contributed by atoms with Crippen molar-refractivity contribution in [1.82, 2.24) is 0 Å². The van der Waals surface area contributed by atoms with E-state index in [0.29, 0.717) is 22.4 Å². The molecule has 0 saturated carbocycles. The van der Waals surface area contributed by atoms with Crippen LogP contribution in [0.3, 0.4) is 0 Å². The van der Waals surface area contributed by atoms with Crippen LogP contribution in [-0.4, -0.2) is 11.9 Å². The summed E-state index contributed by atoms with van der Waals surface area (Å²) < 4.78 is 11.4. The lowest BCUT2D eigenvalue weighted by molar-refractivity contribution is -0.137. The van der Waals surface area contributed by atoms with Crippen LogP contribution >= 0.6 is 0 Å². The lowest BCUT2D eigenvalue weighted by Crippen LogP contribution is -2.21. The zero-order chi connectivity index (χ0) is 20.2. The van der Waals surface area contributed by atoms with Crippen molar-refractivity contribution in [3.63, 3.8) is 0 Å². The number of hydrogen-bond donors (Lipinski definition) is 0. The van der Waals surface area contributed by atoms with Crippen molar-refractivity contribution in [3.8, 4) is 11.5 Å². The van der Waals surface area contributed by atoms with E-state index in [4.69, 9.17) is 9.47 Å². The molecule has 1 aliphatic rings. The van der Waals surface area contributed by atoms with Gasteiger partial charge in [0.2, 0.25) is 0 Å². The minimum absolute atomic E-state index is 0.238. The number of ether oxygens (including phenoxy) is 2. The summed E-state index contributed by atoms with van der Waals surface area (Å²) in [5, 5.41) is 1.45. The van der Waals surface area contributed by atoms with Crippen LogP contribution in [0.1, 0.15) is 36.5 Å². The lowest BCUT2D eigenvalue weighted by atomic mass is 9.91. The van der Waals surface area contributed by atoms with Crippen LogP contribution < -0.4 is 9.47 Å². The zero-order valence-electron chi connectivity index (χ0n) is 16.3. The summed E-state index contributed by atoms with van der Waals surface area (Å²) in [6.07, 6.45) is 4.79. The summed E-state index contributed by atoms with van der Waals surface area (Å²) in [6.45, 7) is 2.04. The predicted molar refractivity (Wildman–Crippen MR) is 112 cm³/mol. The third kappa shape index (κ3) is 4.21. The largest absolute Gasteiger partial charge is 0.425 e. The monoisotopic (exact) mass is 386 g/mol. The molecule has 1 unspecified atom stereocenters. The van der Waals surface area contributed by atoms with Crippen molar-refractivity contribution >= 4 is 22.7 Å². The minimum atomic E-state index is -0.454. The highest BCUT2D eigenvalue weighted by molar-refractivity contribution is 5.99. The molecule has 0 saturated heterocycles. The van der Waals surface area contributed by atoms with E-state index < -0.39 is 5.97 Å². The van der Waals surface area contributed by atoms with Gasteiger partial charge in [-0.25, -0.2) is 4.79 Å². The topological polar surface area (TPSA) is 52.6 Å². The zero-order valence-corrected chi connectivity index (χ0v) is 16.3. The Morgan fingerprint density at radius 1 is 0.862 bits per heavy atom. The molecule has 0 heterocycles. The fourth-order valence-electron chi connectivity index (χ4n) is 3.66. The molecular weight excluding hydrogens is 364 g/mol. The van der Waals surface area contributed by atoms with Crippen molar-refractivity contribution in [2.24, 2.45) is 5.92 Å². The van der Waals surface area contributed by atoms with E-state index >= 15 is 0 Å². The molecule has 0 aliphatic heterocycles. The summed E-state index contributed by atoms with van der Waals surface area (Å²) in [7, 11) is 0. The lowest BCUT2D eigenvalue weighted by Gasteiger charge is -2.19. The van der Waals surface area contributed by atoms with E-state index in [1.54, 1.807) is 36.4 Å². The van der Waals surface area contributed by atoms with Gasteiger partial charge in [-0.15, -0.1) is 0 Å². The van der Waals surface area contributed by atoms with Crippen molar-refractivity contribution in [2.45, 2.75) is 26.2 Å². The van der Waals surface area contributed by atoms with Gasteiger partial charge in [0.05, 0.1) is 16.9 Å². The molecule has 4 heteroatoms. The highest BCUT2D eigenvalue weighted by atomic mass is 16.5. The summed E-state index contributed by atoms with van der Waals surface area (Å²) in [6, 6.07) is 19.7. The predicted octanol–water partition coefficient (Wildman–Crippen LogP) is 5.71. The molecular formula is C25H22O4. The van der Waals surface area contributed by atoms with Gasteiger partial charge in [0.1, 0.15) is 11.5 Å². The molecule has 3 aromatic rings. The average molecular weight is 386 g/mol. The highest BCUT2D eigenvalue weighted by Crippen LogP contribution is 2.35. The van der Waals surface area contributed by atoms with Crippen LogP contribution in [0.2, 0.25) is 0 Å². The Balaban J connectivity index is 1.66. The molecule has 1 aliphatic carbocycles. The van der Waals surface area contributed by atoms with Gasteiger partial charge >= 0.3 is 11.9 Å². The fourth-order valence-corrected chi connectivity index (χ4v) is 3.66. The quantitative estimate of drug-likeness (QED) is 0.327. The van der Waals surface area contributed by atoms with Crippen LogP contribution in [0.4, 0.5) is 0 Å². The molecule has 0 aromatic heterocycles. The van der Waals surface area contributed by atoms with Crippen molar-refractivity contribution in [1.29, 1.82) is 0 Å². The number of carbonyl (C=O) groups is 2. The number of benzene rings is 3. The molecule has 3 aromatic carbocycles. The molecule has 0 spiro atoms. The molecule has 1 atom stereocenters. The van der Waals surface area contributed by atoms with Crippen molar-refractivity contribution < 1.29 is 19.1 Å². The molecule has 0 radical (unpaired) electrons. The first-order valence-corrected chi connectivity index (χ1v) is 9.80. The first kappa shape index (κ1) is 18.9. The number of allylic oxidation sites excluding steroid dienone is 1. The molecule has 146 valence electrons. The van der Waals surface area contributed by atoms with Crippen LogP contribution in [0.25, 0.3) is 10.8 Å². The summed E-state index contributed by atoms with van der Waals surface area (Å²) in [4.78, 5) is 25.3. The van der Waals surface area contributed by atoms with Gasteiger partial charge < -0.3 is 9.47 Å². The van der Waals surface area contributed by atoms with E-state index in [-0.39, 0.29) is 11.9 Å². The minimum Gasteiger partial charge on any atom is -0.425 e. The van der Waals surface area contributed by atoms with E-state index in [0.717, 1.165) is 24.6 Å². The number of esters is 2. The summed E-state index contributed by atoms with van der Waals surface area (Å²) in [5.74, 6) is -0.195. The number of carbonyl (C=O) groups excluding carboxylic acids is 2. The van der Waals surface area contributed by atoms with Gasteiger partial charge in [-0.05, 0) is 55.8 Å². The normalized spacial score (nSPS) is 16.2. The molecule has 4 nitrogen and oxygen atoms in total. The fraction of sp³-hybridized carbons (Fsp3) is 0.200. The van der Waals surface area contributed by atoms with E-state index in [2.05, 4.69) is 0 Å². The Morgan fingerprint density at radius 3 is 2.24 bits per heavy atom. The smallest absolute Gasteiger partial charge is 0.343 e. The van der Waals surface area contributed by atoms with E-state index in [1.165, 1.54) is 5.57 Å². The van der Waals surface area contributed by atoms with Crippen molar-refractivity contribution in [2.75, 3.05) is 0 Å². The van der Waals surface area contributed by atoms with E-state index in [1.807, 2.05) is 43.3 Å².